The Labute approximate surface area is 123 Å². The van der Waals surface area contributed by atoms with Crippen molar-refractivity contribution in [2.45, 2.75) is 0 Å². The molecule has 0 unspecified atom stereocenters. The van der Waals surface area contributed by atoms with E-state index in [1.54, 1.807) is 14.2 Å². The fourth-order valence-electron chi connectivity index (χ4n) is 1.73. The molecule has 104 valence electrons. The van der Waals surface area contributed by atoms with Crippen molar-refractivity contribution in [3.8, 4) is 11.5 Å². The van der Waals surface area contributed by atoms with Crippen LogP contribution in [0.15, 0.2) is 48.5 Å². The SMILES string of the molecule is COc1ccc(NC(=S)Nc2ccccc2)cc1OC. The number of benzene rings is 2. The summed E-state index contributed by atoms with van der Waals surface area (Å²) in [5.41, 5.74) is 1.77. The van der Waals surface area contributed by atoms with Crippen LogP contribution >= 0.6 is 12.2 Å². The van der Waals surface area contributed by atoms with Gasteiger partial charge in [0.2, 0.25) is 0 Å². The van der Waals surface area contributed by atoms with E-state index in [0.29, 0.717) is 16.6 Å². The number of para-hydroxylation sites is 1. The second kappa shape index (κ2) is 6.77. The second-order valence-electron chi connectivity index (χ2n) is 4.01. The summed E-state index contributed by atoms with van der Waals surface area (Å²) in [5.74, 6) is 1.33. The highest BCUT2D eigenvalue weighted by Crippen LogP contribution is 2.29. The van der Waals surface area contributed by atoms with Gasteiger partial charge in [0.1, 0.15) is 0 Å². The number of methoxy groups -OCH3 is 2. The maximum atomic E-state index is 5.26. The molecule has 0 bridgehead atoms. The van der Waals surface area contributed by atoms with Gasteiger partial charge in [-0.1, -0.05) is 18.2 Å². The first kappa shape index (κ1) is 14.1. The van der Waals surface area contributed by atoms with Gasteiger partial charge < -0.3 is 20.1 Å². The maximum absolute atomic E-state index is 5.26. The van der Waals surface area contributed by atoms with Crippen LogP contribution in [0.4, 0.5) is 11.4 Å². The van der Waals surface area contributed by atoms with Crippen molar-refractivity contribution in [3.63, 3.8) is 0 Å². The number of rotatable bonds is 4. The van der Waals surface area contributed by atoms with Crippen LogP contribution in [0.5, 0.6) is 11.5 Å². The summed E-state index contributed by atoms with van der Waals surface area (Å²) in [6, 6.07) is 15.3. The zero-order valence-electron chi connectivity index (χ0n) is 11.3. The lowest BCUT2D eigenvalue weighted by Crippen LogP contribution is -2.18. The van der Waals surface area contributed by atoms with Crippen LogP contribution in [0.25, 0.3) is 0 Å². The monoisotopic (exact) mass is 288 g/mol. The molecule has 4 nitrogen and oxygen atoms in total. The molecule has 0 heterocycles. The second-order valence-corrected chi connectivity index (χ2v) is 4.42. The molecule has 2 aromatic rings. The third-order valence-electron chi connectivity index (χ3n) is 2.67. The standard InChI is InChI=1S/C15H16N2O2S/c1-18-13-9-8-12(10-14(13)19-2)17-15(20)16-11-6-4-3-5-7-11/h3-10H,1-2H3,(H2,16,17,20). The fraction of sp³-hybridized carbons (Fsp3) is 0.133. The predicted octanol–water partition coefficient (Wildman–Crippen LogP) is 3.51. The highest BCUT2D eigenvalue weighted by Gasteiger charge is 2.05. The van der Waals surface area contributed by atoms with Crippen molar-refractivity contribution in [2.75, 3.05) is 24.9 Å². The van der Waals surface area contributed by atoms with Crippen molar-refractivity contribution in [2.24, 2.45) is 0 Å². The molecule has 0 fully saturated rings. The van der Waals surface area contributed by atoms with Crippen LogP contribution < -0.4 is 20.1 Å². The van der Waals surface area contributed by atoms with Crippen molar-refractivity contribution in [1.82, 2.24) is 0 Å². The van der Waals surface area contributed by atoms with Crippen molar-refractivity contribution in [1.29, 1.82) is 0 Å². The molecule has 2 aromatic carbocycles. The smallest absolute Gasteiger partial charge is 0.175 e. The lowest BCUT2D eigenvalue weighted by molar-refractivity contribution is 0.355. The van der Waals surface area contributed by atoms with Gasteiger partial charge in [-0.05, 0) is 36.5 Å². The molecule has 2 rings (SSSR count). The minimum Gasteiger partial charge on any atom is -0.493 e. The van der Waals surface area contributed by atoms with Crippen LogP contribution in [0.3, 0.4) is 0 Å². The molecule has 0 aromatic heterocycles. The number of anilines is 2. The number of hydrogen-bond donors (Lipinski definition) is 2. The van der Waals surface area contributed by atoms with Crippen LogP contribution in [0.2, 0.25) is 0 Å². The summed E-state index contributed by atoms with van der Waals surface area (Å²) in [7, 11) is 3.20. The van der Waals surface area contributed by atoms with Gasteiger partial charge in [0.05, 0.1) is 14.2 Å². The molecule has 2 N–H and O–H groups in total. The van der Waals surface area contributed by atoms with Crippen LogP contribution in [0, 0.1) is 0 Å². The Balaban J connectivity index is 2.04. The van der Waals surface area contributed by atoms with Gasteiger partial charge in [0.15, 0.2) is 16.6 Å². The average Bonchev–Trinajstić information content (AvgIpc) is 2.48. The summed E-state index contributed by atoms with van der Waals surface area (Å²) in [6.45, 7) is 0. The first-order chi connectivity index (χ1) is 9.72. The van der Waals surface area contributed by atoms with Crippen molar-refractivity contribution >= 4 is 28.7 Å². The number of thiocarbonyl (C=S) groups is 1. The van der Waals surface area contributed by atoms with Gasteiger partial charge >= 0.3 is 0 Å². The highest BCUT2D eigenvalue weighted by molar-refractivity contribution is 7.80. The van der Waals surface area contributed by atoms with Crippen molar-refractivity contribution < 1.29 is 9.47 Å². The minimum absolute atomic E-state index is 0.517. The van der Waals surface area contributed by atoms with E-state index < -0.39 is 0 Å². The van der Waals surface area contributed by atoms with Gasteiger partial charge in [-0.2, -0.15) is 0 Å². The first-order valence-corrected chi connectivity index (χ1v) is 6.49. The van der Waals surface area contributed by atoms with E-state index in [1.165, 1.54) is 0 Å². The van der Waals surface area contributed by atoms with E-state index in [-0.39, 0.29) is 0 Å². The van der Waals surface area contributed by atoms with Crippen LogP contribution in [-0.4, -0.2) is 19.3 Å². The Morgan fingerprint density at radius 2 is 1.50 bits per heavy atom. The Bertz CT molecular complexity index is 588. The molecule has 0 spiro atoms. The summed E-state index contributed by atoms with van der Waals surface area (Å²) in [4.78, 5) is 0. The summed E-state index contributed by atoms with van der Waals surface area (Å²) in [5, 5.41) is 6.72. The van der Waals surface area contributed by atoms with E-state index in [9.17, 15) is 0 Å². The van der Waals surface area contributed by atoms with E-state index in [1.807, 2.05) is 48.5 Å². The summed E-state index contributed by atoms with van der Waals surface area (Å²) >= 11 is 5.26. The zero-order valence-corrected chi connectivity index (χ0v) is 12.2. The normalized spacial score (nSPS) is 9.70. The molecular formula is C15H16N2O2S. The molecule has 5 heteroatoms. The summed E-state index contributed by atoms with van der Waals surface area (Å²) in [6.07, 6.45) is 0. The maximum Gasteiger partial charge on any atom is 0.175 e. The third-order valence-corrected chi connectivity index (χ3v) is 2.88. The fourth-order valence-corrected chi connectivity index (χ4v) is 1.96. The minimum atomic E-state index is 0.517. The Hall–Kier alpha value is -2.27. The molecule has 0 aliphatic heterocycles. The largest absolute Gasteiger partial charge is 0.493 e. The van der Waals surface area contributed by atoms with Gasteiger partial charge in [0.25, 0.3) is 0 Å². The van der Waals surface area contributed by atoms with Gasteiger partial charge in [-0.3, -0.25) is 0 Å². The first-order valence-electron chi connectivity index (χ1n) is 6.08. The topological polar surface area (TPSA) is 42.5 Å². The molecule has 0 aliphatic rings. The van der Waals surface area contributed by atoms with Crippen LogP contribution in [-0.2, 0) is 0 Å². The molecule has 20 heavy (non-hydrogen) atoms. The van der Waals surface area contributed by atoms with Gasteiger partial charge in [0, 0.05) is 17.4 Å². The third kappa shape index (κ3) is 3.61. The van der Waals surface area contributed by atoms with Crippen LogP contribution in [0.1, 0.15) is 0 Å². The van der Waals surface area contributed by atoms with E-state index in [4.69, 9.17) is 21.7 Å². The summed E-state index contributed by atoms with van der Waals surface area (Å²) < 4.78 is 10.4. The lowest BCUT2D eigenvalue weighted by atomic mass is 10.3. The Kier molecular flexibility index (Phi) is 4.79. The van der Waals surface area contributed by atoms with Crippen molar-refractivity contribution in [3.05, 3.63) is 48.5 Å². The lowest BCUT2D eigenvalue weighted by Gasteiger charge is -2.13. The quantitative estimate of drug-likeness (QED) is 0.843. The number of ether oxygens (including phenoxy) is 2. The molecule has 0 saturated carbocycles. The molecule has 0 radical (unpaired) electrons. The molecule has 0 saturated heterocycles. The molecule has 0 amide bonds. The highest BCUT2D eigenvalue weighted by atomic mass is 32.1. The molecule has 0 aliphatic carbocycles. The Morgan fingerprint density at radius 3 is 2.15 bits per heavy atom. The number of nitrogens with one attached hydrogen (secondary N) is 2. The van der Waals surface area contributed by atoms with E-state index in [2.05, 4.69) is 10.6 Å². The average molecular weight is 288 g/mol. The Morgan fingerprint density at radius 1 is 0.850 bits per heavy atom. The van der Waals surface area contributed by atoms with Gasteiger partial charge in [-0.25, -0.2) is 0 Å². The predicted molar refractivity (Wildman–Crippen MR) is 85.8 cm³/mol. The molecular weight excluding hydrogens is 272 g/mol. The zero-order chi connectivity index (χ0) is 14.4. The van der Waals surface area contributed by atoms with E-state index in [0.717, 1.165) is 11.4 Å². The van der Waals surface area contributed by atoms with E-state index >= 15 is 0 Å². The van der Waals surface area contributed by atoms with Gasteiger partial charge in [-0.15, -0.1) is 0 Å². The number of hydrogen-bond acceptors (Lipinski definition) is 3. The molecule has 0 atom stereocenters.